The van der Waals surface area contributed by atoms with Crippen LogP contribution >= 0.6 is 18.5 Å². The van der Waals surface area contributed by atoms with E-state index in [1.807, 2.05) is 0 Å². The lowest BCUT2D eigenvalue weighted by Gasteiger charge is -2.50. The zero-order chi connectivity index (χ0) is 22.4. The van der Waals surface area contributed by atoms with Gasteiger partial charge in [-0.3, -0.25) is 0 Å². The van der Waals surface area contributed by atoms with Crippen molar-refractivity contribution in [1.29, 1.82) is 0 Å². The smallest absolute Gasteiger partial charge is 0.0400 e. The maximum absolute atomic E-state index is 7.55. The quantitative estimate of drug-likeness (QED) is 0.322. The van der Waals surface area contributed by atoms with Crippen molar-refractivity contribution < 1.29 is 0 Å². The van der Waals surface area contributed by atoms with Gasteiger partial charge in [-0.2, -0.15) is 0 Å². The normalized spacial score (nSPS) is 12.1. The topological polar surface area (TPSA) is 26.0 Å². The highest BCUT2D eigenvalue weighted by Gasteiger charge is 2.51. The molecule has 0 heterocycles. The second-order valence-electron chi connectivity index (χ2n) is 8.29. The molecule has 0 spiro atoms. The lowest BCUT2D eigenvalue weighted by atomic mass is 9.58. The predicted molar refractivity (Wildman–Crippen MR) is 144 cm³/mol. The van der Waals surface area contributed by atoms with E-state index in [4.69, 9.17) is 5.73 Å². The maximum Gasteiger partial charge on any atom is 0.0400 e. The monoisotopic (exact) mass is 455 g/mol. The van der Waals surface area contributed by atoms with E-state index >= 15 is 0 Å². The molecule has 2 N–H and O–H groups in total. The average Bonchev–Trinajstić information content (AvgIpc) is 2.88. The maximum atomic E-state index is 7.55. The second kappa shape index (κ2) is 10.1. The summed E-state index contributed by atoms with van der Waals surface area (Å²) in [7, 11) is 6.01. The Morgan fingerprint density at radius 1 is 0.469 bits per heavy atom. The molecule has 0 aliphatic carbocycles. The molecule has 0 saturated heterocycles. The average molecular weight is 456 g/mol. The minimum absolute atomic E-state index is 0.223. The molecule has 2 atom stereocenters. The highest BCUT2D eigenvalue weighted by Crippen LogP contribution is 2.48. The Kier molecular flexibility index (Phi) is 7.22. The minimum atomic E-state index is -0.393. The zero-order valence-electron chi connectivity index (χ0n) is 18.3. The van der Waals surface area contributed by atoms with Crippen LogP contribution in [0.3, 0.4) is 0 Å². The molecule has 4 aromatic rings. The van der Waals surface area contributed by atoms with Gasteiger partial charge in [0.15, 0.2) is 0 Å². The number of hydrogen-bond acceptors (Lipinski definition) is 1. The first-order valence-electron chi connectivity index (χ1n) is 11.1. The van der Waals surface area contributed by atoms with Gasteiger partial charge in [0.2, 0.25) is 0 Å². The summed E-state index contributed by atoms with van der Waals surface area (Å²) in [6, 6.07) is 42.8. The van der Waals surface area contributed by atoms with Crippen LogP contribution in [0, 0.1) is 0 Å². The molecule has 0 bridgehead atoms. The molecule has 32 heavy (non-hydrogen) atoms. The molecule has 1 nitrogen and oxygen atoms in total. The molecule has 0 aliphatic heterocycles. The van der Waals surface area contributed by atoms with Crippen LogP contribution in [0.25, 0.3) is 0 Å². The largest absolute Gasteiger partial charge is 0.326 e. The molecule has 0 aromatic heterocycles. The standard InChI is InChI=1S/C29H31NP2/c30-27(28(21-31,23-13-5-1-6-14-23)24-15-7-2-8-16-24)29(22-32,25-17-9-3-10-18-25)26-19-11-4-12-20-26/h1-20,27H,21-22,30-32H2. The van der Waals surface area contributed by atoms with Crippen molar-refractivity contribution in [2.45, 2.75) is 16.9 Å². The first-order valence-corrected chi connectivity index (χ1v) is 12.7. The summed E-state index contributed by atoms with van der Waals surface area (Å²) >= 11 is 0. The number of benzene rings is 4. The van der Waals surface area contributed by atoms with Crippen LogP contribution in [-0.2, 0) is 10.8 Å². The summed E-state index contributed by atoms with van der Waals surface area (Å²) in [5.74, 6) is 0. The SMILES string of the molecule is NC(C(CP)(c1ccccc1)c1ccccc1)C(CP)(c1ccccc1)c1ccccc1. The van der Waals surface area contributed by atoms with Crippen LogP contribution < -0.4 is 5.73 Å². The van der Waals surface area contributed by atoms with Crippen molar-refractivity contribution in [2.75, 3.05) is 12.3 Å². The van der Waals surface area contributed by atoms with Gasteiger partial charge in [-0.15, -0.1) is 18.5 Å². The van der Waals surface area contributed by atoms with Crippen molar-refractivity contribution in [1.82, 2.24) is 0 Å². The summed E-state index contributed by atoms with van der Waals surface area (Å²) in [4.78, 5) is 0. The molecular formula is C29H31NP2. The van der Waals surface area contributed by atoms with Gasteiger partial charge in [0, 0.05) is 16.9 Å². The van der Waals surface area contributed by atoms with E-state index in [1.165, 1.54) is 22.3 Å². The van der Waals surface area contributed by atoms with E-state index in [9.17, 15) is 0 Å². The molecule has 0 saturated carbocycles. The molecule has 0 fully saturated rings. The van der Waals surface area contributed by atoms with E-state index in [2.05, 4.69) is 140 Å². The fourth-order valence-corrected chi connectivity index (χ4v) is 6.59. The Bertz CT molecular complexity index is 929. The minimum Gasteiger partial charge on any atom is -0.326 e. The molecule has 0 amide bonds. The van der Waals surface area contributed by atoms with E-state index < -0.39 is 10.8 Å². The van der Waals surface area contributed by atoms with E-state index in [1.54, 1.807) is 0 Å². The van der Waals surface area contributed by atoms with Crippen LogP contribution in [0.1, 0.15) is 22.3 Å². The molecule has 0 aliphatic rings. The lowest BCUT2D eigenvalue weighted by molar-refractivity contribution is 0.332. The number of rotatable bonds is 8. The fourth-order valence-electron chi connectivity index (χ4n) is 5.14. The van der Waals surface area contributed by atoms with Gasteiger partial charge in [0.05, 0.1) is 0 Å². The molecule has 162 valence electrons. The van der Waals surface area contributed by atoms with Crippen LogP contribution in [-0.4, -0.2) is 18.4 Å². The van der Waals surface area contributed by atoms with E-state index in [-0.39, 0.29) is 6.04 Å². The van der Waals surface area contributed by atoms with Gasteiger partial charge in [-0.1, -0.05) is 121 Å². The fraction of sp³-hybridized carbons (Fsp3) is 0.172. The van der Waals surface area contributed by atoms with Crippen molar-refractivity contribution in [2.24, 2.45) is 5.73 Å². The Hall–Kier alpha value is -2.30. The third kappa shape index (κ3) is 3.84. The highest BCUT2D eigenvalue weighted by molar-refractivity contribution is 7.16. The van der Waals surface area contributed by atoms with Crippen molar-refractivity contribution in [3.63, 3.8) is 0 Å². The summed E-state index contributed by atoms with van der Waals surface area (Å²) in [6.07, 6.45) is 1.63. The van der Waals surface area contributed by atoms with Gasteiger partial charge in [-0.05, 0) is 34.6 Å². The van der Waals surface area contributed by atoms with Crippen LogP contribution in [0.2, 0.25) is 0 Å². The van der Waals surface area contributed by atoms with Crippen LogP contribution in [0.15, 0.2) is 121 Å². The van der Waals surface area contributed by atoms with Gasteiger partial charge in [0.1, 0.15) is 0 Å². The molecule has 0 radical (unpaired) electrons. The summed E-state index contributed by atoms with van der Waals surface area (Å²) in [5, 5.41) is 0. The Labute approximate surface area is 196 Å². The molecule has 3 heteroatoms. The van der Waals surface area contributed by atoms with Gasteiger partial charge in [-0.25, -0.2) is 0 Å². The lowest BCUT2D eigenvalue weighted by Crippen LogP contribution is -2.60. The first kappa shape index (κ1) is 22.9. The molecule has 4 aromatic carbocycles. The number of nitrogens with two attached hydrogens (primary N) is 1. The summed E-state index contributed by atoms with van der Waals surface area (Å²) < 4.78 is 0. The van der Waals surface area contributed by atoms with Gasteiger partial charge in [0.25, 0.3) is 0 Å². The van der Waals surface area contributed by atoms with Crippen LogP contribution in [0.5, 0.6) is 0 Å². The third-order valence-corrected chi connectivity index (χ3v) is 8.15. The molecular weight excluding hydrogens is 424 g/mol. The van der Waals surface area contributed by atoms with Crippen molar-refractivity contribution >= 4 is 18.5 Å². The highest BCUT2D eigenvalue weighted by atomic mass is 31.0. The van der Waals surface area contributed by atoms with Gasteiger partial charge < -0.3 is 5.73 Å². The van der Waals surface area contributed by atoms with Crippen LogP contribution in [0.4, 0.5) is 0 Å². The molecule has 4 rings (SSSR count). The summed E-state index contributed by atoms with van der Waals surface area (Å²) in [5.41, 5.74) is 11.7. The van der Waals surface area contributed by atoms with E-state index in [0.717, 1.165) is 12.3 Å². The Balaban J connectivity index is 2.05. The van der Waals surface area contributed by atoms with Crippen molar-refractivity contribution in [3.8, 4) is 0 Å². The van der Waals surface area contributed by atoms with Gasteiger partial charge >= 0.3 is 0 Å². The third-order valence-electron chi connectivity index (χ3n) is 6.86. The second-order valence-corrected chi connectivity index (χ2v) is 9.11. The zero-order valence-corrected chi connectivity index (χ0v) is 20.6. The Morgan fingerprint density at radius 3 is 0.875 bits per heavy atom. The first-order chi connectivity index (χ1) is 15.7. The summed E-state index contributed by atoms with van der Waals surface area (Å²) in [6.45, 7) is 0. The predicted octanol–water partition coefficient (Wildman–Crippen LogP) is 6.04. The van der Waals surface area contributed by atoms with Crippen molar-refractivity contribution in [3.05, 3.63) is 144 Å². The number of hydrogen-bond donors (Lipinski definition) is 1. The Morgan fingerprint density at radius 2 is 0.688 bits per heavy atom. The molecule has 2 unspecified atom stereocenters. The van der Waals surface area contributed by atoms with E-state index in [0.29, 0.717) is 0 Å².